The van der Waals surface area contributed by atoms with Gasteiger partial charge in [-0.2, -0.15) is 0 Å². The summed E-state index contributed by atoms with van der Waals surface area (Å²) in [4.78, 5) is 10.8. The van der Waals surface area contributed by atoms with Gasteiger partial charge in [0, 0.05) is 27.7 Å². The predicted octanol–water partition coefficient (Wildman–Crippen LogP) is 12.7. The molecular formula is C51H39N3. The van der Waals surface area contributed by atoms with Crippen LogP contribution in [0.2, 0.25) is 0 Å². The van der Waals surface area contributed by atoms with Crippen molar-refractivity contribution in [3.63, 3.8) is 0 Å². The average molecular weight is 694 g/mol. The van der Waals surface area contributed by atoms with Crippen LogP contribution in [0.5, 0.6) is 0 Å². The summed E-state index contributed by atoms with van der Waals surface area (Å²) in [6.07, 6.45) is 12.5. The van der Waals surface area contributed by atoms with Gasteiger partial charge in [-0.15, -0.1) is 0 Å². The van der Waals surface area contributed by atoms with E-state index in [1.165, 1.54) is 66.4 Å². The largest absolute Gasteiger partial charge is 0.278 e. The highest BCUT2D eigenvalue weighted by molar-refractivity contribution is 6.11. The Morgan fingerprint density at radius 3 is 2.37 bits per heavy atom. The lowest BCUT2D eigenvalue weighted by Gasteiger charge is -2.27. The summed E-state index contributed by atoms with van der Waals surface area (Å²) >= 11 is 0. The van der Waals surface area contributed by atoms with Crippen molar-refractivity contribution < 1.29 is 0 Å². The van der Waals surface area contributed by atoms with Crippen molar-refractivity contribution in [3.05, 3.63) is 186 Å². The minimum absolute atomic E-state index is 0.0324. The summed E-state index contributed by atoms with van der Waals surface area (Å²) < 4.78 is 2.39. The lowest BCUT2D eigenvalue weighted by molar-refractivity contribution is 0.660. The summed E-state index contributed by atoms with van der Waals surface area (Å²) in [6, 6.07) is 48.4. The highest BCUT2D eigenvalue weighted by Crippen LogP contribution is 2.50. The lowest BCUT2D eigenvalue weighted by Crippen LogP contribution is -2.16. The number of fused-ring (bicyclic) bond motifs is 9. The maximum atomic E-state index is 5.45. The maximum absolute atomic E-state index is 5.45. The molecule has 2 heterocycles. The van der Waals surface area contributed by atoms with E-state index in [9.17, 15) is 0 Å². The van der Waals surface area contributed by atoms with Crippen LogP contribution in [0.1, 0.15) is 54.6 Å². The SMILES string of the molecule is CC1(C)c2ccccc2-c2ccc(C3=CC=CC(C4=CCCc5c4n(-c4nc(-c6ccccc6)c6ccccc6n4)c4ccc6ccccc6c54)C3)cc21. The Labute approximate surface area is 315 Å². The second-order valence-electron chi connectivity index (χ2n) is 15.6. The van der Waals surface area contributed by atoms with Gasteiger partial charge in [0.25, 0.3) is 0 Å². The number of nitrogens with zero attached hydrogens (tertiary/aromatic N) is 3. The maximum Gasteiger partial charge on any atom is 0.235 e. The molecule has 0 radical (unpaired) electrons. The first-order chi connectivity index (χ1) is 26.5. The van der Waals surface area contributed by atoms with Gasteiger partial charge in [-0.05, 0) is 92.8 Å². The van der Waals surface area contributed by atoms with Crippen LogP contribution in [-0.4, -0.2) is 14.5 Å². The van der Waals surface area contributed by atoms with Gasteiger partial charge >= 0.3 is 0 Å². The average Bonchev–Trinajstić information content (AvgIpc) is 3.69. The third-order valence-electron chi connectivity index (χ3n) is 12.3. The summed E-state index contributed by atoms with van der Waals surface area (Å²) in [6.45, 7) is 4.74. The highest BCUT2D eigenvalue weighted by atomic mass is 15.2. The molecule has 0 amide bonds. The topological polar surface area (TPSA) is 30.7 Å². The van der Waals surface area contributed by atoms with E-state index < -0.39 is 0 Å². The zero-order valence-corrected chi connectivity index (χ0v) is 30.6. The molecule has 0 saturated carbocycles. The monoisotopic (exact) mass is 693 g/mol. The molecule has 3 heteroatoms. The minimum atomic E-state index is -0.0324. The quantitative estimate of drug-likeness (QED) is 0.184. The van der Waals surface area contributed by atoms with Crippen molar-refractivity contribution in [2.75, 3.05) is 0 Å². The fourth-order valence-electron chi connectivity index (χ4n) is 9.68. The Bertz CT molecular complexity index is 2940. The van der Waals surface area contributed by atoms with E-state index >= 15 is 0 Å². The van der Waals surface area contributed by atoms with Crippen molar-refractivity contribution in [3.8, 4) is 28.3 Å². The van der Waals surface area contributed by atoms with E-state index in [4.69, 9.17) is 9.97 Å². The van der Waals surface area contributed by atoms with Crippen molar-refractivity contribution in [2.24, 2.45) is 5.92 Å². The Morgan fingerprint density at radius 2 is 1.46 bits per heavy atom. The molecule has 1 atom stereocenters. The highest BCUT2D eigenvalue weighted by Gasteiger charge is 2.36. The molecular weight excluding hydrogens is 655 g/mol. The van der Waals surface area contributed by atoms with Gasteiger partial charge in [0.15, 0.2) is 0 Å². The van der Waals surface area contributed by atoms with Crippen molar-refractivity contribution in [2.45, 2.75) is 38.5 Å². The van der Waals surface area contributed by atoms with Gasteiger partial charge in [-0.25, -0.2) is 9.97 Å². The van der Waals surface area contributed by atoms with Crippen molar-refractivity contribution in [1.29, 1.82) is 0 Å². The Kier molecular flexibility index (Phi) is 6.85. The number of allylic oxidation sites excluding steroid dienone is 6. The van der Waals surface area contributed by atoms with Crippen LogP contribution < -0.4 is 0 Å². The number of aromatic nitrogens is 3. The molecule has 3 aliphatic carbocycles. The molecule has 11 rings (SSSR count). The third kappa shape index (κ3) is 4.61. The predicted molar refractivity (Wildman–Crippen MR) is 225 cm³/mol. The van der Waals surface area contributed by atoms with Crippen LogP contribution in [0.3, 0.4) is 0 Å². The first kappa shape index (κ1) is 31.2. The summed E-state index contributed by atoms with van der Waals surface area (Å²) in [5.74, 6) is 0.934. The summed E-state index contributed by atoms with van der Waals surface area (Å²) in [5.41, 5.74) is 16.4. The molecule has 2 aromatic heterocycles. The fraction of sp³-hybridized carbons (Fsp3) is 0.137. The molecule has 0 aliphatic heterocycles. The minimum Gasteiger partial charge on any atom is -0.278 e. The molecule has 0 saturated heterocycles. The van der Waals surface area contributed by atoms with E-state index in [1.807, 2.05) is 0 Å². The van der Waals surface area contributed by atoms with Crippen molar-refractivity contribution in [1.82, 2.24) is 14.5 Å². The van der Waals surface area contributed by atoms with E-state index in [0.717, 1.165) is 52.9 Å². The Hall–Kier alpha value is -6.32. The van der Waals surface area contributed by atoms with Gasteiger partial charge in [-0.3, -0.25) is 4.57 Å². The van der Waals surface area contributed by atoms with Crippen LogP contribution >= 0.6 is 0 Å². The van der Waals surface area contributed by atoms with Crippen LogP contribution in [-0.2, 0) is 11.8 Å². The van der Waals surface area contributed by atoms with Crippen LogP contribution in [0, 0.1) is 5.92 Å². The molecule has 0 fully saturated rings. The zero-order chi connectivity index (χ0) is 36.0. The Morgan fingerprint density at radius 1 is 0.685 bits per heavy atom. The number of aryl methyl sites for hydroxylation is 1. The van der Waals surface area contributed by atoms with Crippen molar-refractivity contribution >= 4 is 43.7 Å². The second kappa shape index (κ2) is 11.8. The molecule has 3 aliphatic rings. The molecule has 258 valence electrons. The van der Waals surface area contributed by atoms with E-state index in [-0.39, 0.29) is 11.3 Å². The van der Waals surface area contributed by atoms with Gasteiger partial charge in [0.1, 0.15) is 0 Å². The number of hydrogen-bond donors (Lipinski definition) is 0. The normalized spacial score (nSPS) is 17.0. The number of rotatable bonds is 4. The zero-order valence-electron chi connectivity index (χ0n) is 30.6. The Balaban J connectivity index is 1.08. The first-order valence-corrected chi connectivity index (χ1v) is 19.2. The molecule has 0 bridgehead atoms. The van der Waals surface area contributed by atoms with Crippen LogP contribution in [0.4, 0.5) is 0 Å². The smallest absolute Gasteiger partial charge is 0.235 e. The van der Waals surface area contributed by atoms with Gasteiger partial charge in [0.05, 0.1) is 22.4 Å². The summed E-state index contributed by atoms with van der Waals surface area (Å²) in [5, 5.41) is 4.93. The molecule has 6 aromatic carbocycles. The number of hydrogen-bond acceptors (Lipinski definition) is 2. The van der Waals surface area contributed by atoms with Gasteiger partial charge < -0.3 is 0 Å². The standard InChI is InChI=1S/C51H39N3/c1-51(2)43-24-10-8-20-39(43)40-28-26-35(31-44(40)51)34-17-12-18-36(30-34)38-22-13-23-42-47-37-19-7-6-14-32(37)27-29-46(47)54(49(38)42)50-52-45-25-11-9-21-41(45)48(53-50)33-15-4-3-5-16-33/h3-12,14-22,24-29,31,36H,13,23,30H2,1-2H3. The fourth-order valence-corrected chi connectivity index (χ4v) is 9.68. The van der Waals surface area contributed by atoms with E-state index in [0.29, 0.717) is 0 Å². The van der Waals surface area contributed by atoms with Crippen LogP contribution in [0.15, 0.2) is 158 Å². The molecule has 0 spiro atoms. The molecule has 0 N–H and O–H groups in total. The molecule has 8 aromatic rings. The van der Waals surface area contributed by atoms with Gasteiger partial charge in [-0.1, -0.05) is 153 Å². The van der Waals surface area contributed by atoms with E-state index in [2.05, 4.69) is 176 Å². The second-order valence-corrected chi connectivity index (χ2v) is 15.6. The van der Waals surface area contributed by atoms with Crippen LogP contribution in [0.25, 0.3) is 72.1 Å². The number of benzene rings is 6. The third-order valence-corrected chi connectivity index (χ3v) is 12.3. The number of para-hydroxylation sites is 1. The van der Waals surface area contributed by atoms with Gasteiger partial charge in [0.2, 0.25) is 5.95 Å². The molecule has 3 nitrogen and oxygen atoms in total. The van der Waals surface area contributed by atoms with E-state index in [1.54, 1.807) is 0 Å². The first-order valence-electron chi connectivity index (χ1n) is 19.2. The lowest BCUT2D eigenvalue weighted by atomic mass is 9.78. The molecule has 1 unspecified atom stereocenters. The summed E-state index contributed by atoms with van der Waals surface area (Å²) in [7, 11) is 0. The molecule has 54 heavy (non-hydrogen) atoms.